The lowest BCUT2D eigenvalue weighted by Gasteiger charge is -2.64. The maximum Gasteiger partial charge on any atom is 0.457 e. The molecule has 7 heteroatoms. The largest absolute Gasteiger partial charge is 0.468 e. The SMILES string of the molecule is COC(=O)[C@@H](N)CCB1O[C@@H]2C[C@@H]3C[C@@H](C3(C)C)[C@]2(C)O1.Cl. The number of carbonyl (C=O) groups is 1. The van der Waals surface area contributed by atoms with Gasteiger partial charge in [-0.3, -0.25) is 4.79 Å². The van der Waals surface area contributed by atoms with E-state index in [4.69, 9.17) is 15.0 Å². The molecule has 2 N–H and O–H groups in total. The van der Waals surface area contributed by atoms with Crippen LogP contribution in [0.15, 0.2) is 0 Å². The fourth-order valence-corrected chi connectivity index (χ4v) is 4.66. The summed E-state index contributed by atoms with van der Waals surface area (Å²) in [5.74, 6) is 0.938. The highest BCUT2D eigenvalue weighted by Crippen LogP contribution is 2.65. The fourth-order valence-electron chi connectivity index (χ4n) is 4.66. The van der Waals surface area contributed by atoms with E-state index in [-0.39, 0.29) is 37.2 Å². The molecule has 4 fully saturated rings. The Balaban J connectivity index is 0.00000176. The van der Waals surface area contributed by atoms with Crippen LogP contribution in [-0.2, 0) is 18.8 Å². The summed E-state index contributed by atoms with van der Waals surface area (Å²) in [6.07, 6.45) is 3.68. The van der Waals surface area contributed by atoms with Gasteiger partial charge in [0.05, 0.1) is 18.8 Å². The molecule has 3 aliphatic carbocycles. The minimum Gasteiger partial charge on any atom is -0.468 e. The van der Waals surface area contributed by atoms with E-state index in [0.29, 0.717) is 24.1 Å². The molecule has 126 valence electrons. The first-order valence-corrected chi connectivity index (χ1v) is 7.95. The number of rotatable bonds is 4. The molecule has 4 aliphatic rings. The summed E-state index contributed by atoms with van der Waals surface area (Å²) in [5.41, 5.74) is 5.95. The second kappa shape index (κ2) is 5.97. The number of hydrogen-bond acceptors (Lipinski definition) is 5. The zero-order chi connectivity index (χ0) is 15.4. The number of carbonyl (C=O) groups excluding carboxylic acids is 1. The van der Waals surface area contributed by atoms with Gasteiger partial charge in [-0.05, 0) is 49.8 Å². The molecule has 0 aromatic rings. The van der Waals surface area contributed by atoms with Crippen LogP contribution in [0.5, 0.6) is 0 Å². The van der Waals surface area contributed by atoms with Gasteiger partial charge in [-0.25, -0.2) is 0 Å². The highest BCUT2D eigenvalue weighted by Gasteiger charge is 2.67. The Morgan fingerprint density at radius 3 is 2.68 bits per heavy atom. The molecule has 1 saturated heterocycles. The summed E-state index contributed by atoms with van der Waals surface area (Å²) in [5, 5.41) is 0. The van der Waals surface area contributed by atoms with Crippen molar-refractivity contribution in [3.8, 4) is 0 Å². The van der Waals surface area contributed by atoms with Crippen molar-refractivity contribution in [2.45, 2.75) is 64.1 Å². The summed E-state index contributed by atoms with van der Waals surface area (Å²) in [7, 11) is 1.11. The summed E-state index contributed by atoms with van der Waals surface area (Å²) in [6, 6.07) is -0.595. The quantitative estimate of drug-likeness (QED) is 0.630. The molecular formula is C15H27BClNO4. The monoisotopic (exact) mass is 331 g/mol. The van der Waals surface area contributed by atoms with Crippen molar-refractivity contribution in [3.63, 3.8) is 0 Å². The Labute approximate surface area is 139 Å². The van der Waals surface area contributed by atoms with Crippen LogP contribution in [-0.4, -0.2) is 37.9 Å². The first-order valence-electron chi connectivity index (χ1n) is 7.95. The van der Waals surface area contributed by atoms with Crippen LogP contribution in [0.3, 0.4) is 0 Å². The van der Waals surface area contributed by atoms with Crippen LogP contribution >= 0.6 is 12.4 Å². The fraction of sp³-hybridized carbons (Fsp3) is 0.933. The van der Waals surface area contributed by atoms with Gasteiger partial charge in [0.15, 0.2) is 0 Å². The Morgan fingerprint density at radius 2 is 2.09 bits per heavy atom. The zero-order valence-electron chi connectivity index (χ0n) is 13.8. The number of esters is 1. The molecule has 5 nitrogen and oxygen atoms in total. The molecular weight excluding hydrogens is 304 g/mol. The third kappa shape index (κ3) is 2.58. The maximum atomic E-state index is 11.3. The molecule has 2 bridgehead atoms. The lowest BCUT2D eigenvalue weighted by Crippen LogP contribution is -2.65. The minimum atomic E-state index is -0.595. The molecule has 1 heterocycles. The van der Waals surface area contributed by atoms with Gasteiger partial charge in [-0.2, -0.15) is 0 Å². The van der Waals surface area contributed by atoms with Gasteiger partial charge in [0, 0.05) is 0 Å². The Kier molecular flexibility index (Phi) is 4.90. The Bertz CT molecular complexity index is 449. The van der Waals surface area contributed by atoms with E-state index in [1.165, 1.54) is 13.5 Å². The van der Waals surface area contributed by atoms with E-state index in [1.807, 2.05) is 0 Å². The van der Waals surface area contributed by atoms with Crippen LogP contribution in [0.4, 0.5) is 0 Å². The lowest BCUT2D eigenvalue weighted by atomic mass is 9.43. The van der Waals surface area contributed by atoms with Crippen LogP contribution in [0.1, 0.15) is 40.0 Å². The first kappa shape index (κ1) is 18.0. The van der Waals surface area contributed by atoms with Crippen molar-refractivity contribution in [3.05, 3.63) is 0 Å². The molecule has 5 atom stereocenters. The minimum absolute atomic E-state index is 0. The van der Waals surface area contributed by atoms with E-state index in [1.54, 1.807) is 0 Å². The van der Waals surface area contributed by atoms with Crippen molar-refractivity contribution < 1.29 is 18.8 Å². The van der Waals surface area contributed by atoms with Gasteiger partial charge in [0.2, 0.25) is 0 Å². The molecule has 22 heavy (non-hydrogen) atoms. The summed E-state index contributed by atoms with van der Waals surface area (Å²) in [4.78, 5) is 11.3. The Morgan fingerprint density at radius 1 is 1.41 bits per heavy atom. The maximum absolute atomic E-state index is 11.3. The average Bonchev–Trinajstić information content (AvgIpc) is 2.79. The van der Waals surface area contributed by atoms with Crippen LogP contribution in [0, 0.1) is 17.3 Å². The molecule has 1 aliphatic heterocycles. The standard InChI is InChI=1S/C15H26BNO4.ClH/c1-14(2)9-7-11(14)15(3)12(8-9)20-16(21-15)6-5-10(17)13(18)19-4;/h9-12H,5-8,17H2,1-4H3;1H/t9-,10-,11-,12+,15-;/m0./s1. The molecule has 3 saturated carbocycles. The second-order valence-corrected chi connectivity index (χ2v) is 7.61. The molecule has 0 aromatic carbocycles. The van der Waals surface area contributed by atoms with Gasteiger partial charge >= 0.3 is 13.1 Å². The number of nitrogens with two attached hydrogens (primary N) is 1. The van der Waals surface area contributed by atoms with E-state index in [0.717, 1.165) is 12.3 Å². The lowest BCUT2D eigenvalue weighted by molar-refractivity contribution is -0.199. The third-order valence-corrected chi connectivity index (χ3v) is 6.22. The van der Waals surface area contributed by atoms with Crippen LogP contribution in [0.2, 0.25) is 6.32 Å². The molecule has 0 amide bonds. The van der Waals surface area contributed by atoms with E-state index < -0.39 is 6.04 Å². The van der Waals surface area contributed by atoms with Crippen molar-refractivity contribution >= 4 is 25.5 Å². The molecule has 4 rings (SSSR count). The topological polar surface area (TPSA) is 70.8 Å². The second-order valence-electron chi connectivity index (χ2n) is 7.61. The van der Waals surface area contributed by atoms with Gasteiger partial charge < -0.3 is 19.8 Å². The van der Waals surface area contributed by atoms with Gasteiger partial charge in [0.25, 0.3) is 0 Å². The van der Waals surface area contributed by atoms with E-state index in [2.05, 4.69) is 25.5 Å². The van der Waals surface area contributed by atoms with Crippen LogP contribution < -0.4 is 5.73 Å². The summed E-state index contributed by atoms with van der Waals surface area (Å²) >= 11 is 0. The van der Waals surface area contributed by atoms with Crippen molar-refractivity contribution in [2.24, 2.45) is 23.0 Å². The van der Waals surface area contributed by atoms with Crippen LogP contribution in [0.25, 0.3) is 0 Å². The predicted molar refractivity (Wildman–Crippen MR) is 86.8 cm³/mol. The van der Waals surface area contributed by atoms with Gasteiger partial charge in [-0.15, -0.1) is 12.4 Å². The van der Waals surface area contributed by atoms with E-state index in [9.17, 15) is 4.79 Å². The van der Waals surface area contributed by atoms with Gasteiger partial charge in [0.1, 0.15) is 6.04 Å². The van der Waals surface area contributed by atoms with Crippen molar-refractivity contribution in [2.75, 3.05) is 7.11 Å². The number of ether oxygens (including phenoxy) is 1. The molecule has 0 aromatic heterocycles. The van der Waals surface area contributed by atoms with Crippen molar-refractivity contribution in [1.82, 2.24) is 0 Å². The molecule has 0 spiro atoms. The zero-order valence-corrected chi connectivity index (χ0v) is 14.7. The Hall–Kier alpha value is -0.295. The number of halogens is 1. The highest BCUT2D eigenvalue weighted by molar-refractivity contribution is 6.45. The van der Waals surface area contributed by atoms with Crippen molar-refractivity contribution in [1.29, 1.82) is 0 Å². The first-order chi connectivity index (χ1) is 9.79. The predicted octanol–water partition coefficient (Wildman–Crippen LogP) is 2.03. The summed E-state index contributed by atoms with van der Waals surface area (Å²) in [6.45, 7) is 6.88. The number of hydrogen-bond donors (Lipinski definition) is 1. The number of methoxy groups -OCH3 is 1. The molecule has 0 radical (unpaired) electrons. The van der Waals surface area contributed by atoms with Gasteiger partial charge in [-0.1, -0.05) is 13.8 Å². The van der Waals surface area contributed by atoms with E-state index >= 15 is 0 Å². The smallest absolute Gasteiger partial charge is 0.457 e. The summed E-state index contributed by atoms with van der Waals surface area (Å²) < 4.78 is 17.0. The third-order valence-electron chi connectivity index (χ3n) is 6.22. The highest BCUT2D eigenvalue weighted by atomic mass is 35.5. The normalized spacial score (nSPS) is 39.3. The molecule has 0 unspecified atom stereocenters. The average molecular weight is 332 g/mol.